The number of ether oxygens (including phenoxy) is 3. The zero-order valence-corrected chi connectivity index (χ0v) is 15.9. The van der Waals surface area contributed by atoms with Crippen LogP contribution in [0.15, 0.2) is 23.2 Å². The Labute approximate surface area is 150 Å². The SMILES string of the molecule is CN=C(NCC(c1ccc(OC)c(OC)c1)N1CCOCC1)N(C)C. The van der Waals surface area contributed by atoms with Crippen molar-refractivity contribution in [3.05, 3.63) is 23.8 Å². The van der Waals surface area contributed by atoms with Crippen molar-refractivity contribution in [3.63, 3.8) is 0 Å². The number of benzene rings is 1. The van der Waals surface area contributed by atoms with E-state index in [1.54, 1.807) is 21.3 Å². The number of rotatable bonds is 6. The molecule has 1 aromatic carbocycles. The molecule has 0 radical (unpaired) electrons. The van der Waals surface area contributed by atoms with Crippen LogP contribution < -0.4 is 14.8 Å². The van der Waals surface area contributed by atoms with Gasteiger partial charge in [0.05, 0.1) is 33.5 Å². The number of methoxy groups -OCH3 is 2. The Morgan fingerprint density at radius 1 is 1.24 bits per heavy atom. The molecule has 7 nitrogen and oxygen atoms in total. The van der Waals surface area contributed by atoms with Crippen LogP contribution in [0.1, 0.15) is 11.6 Å². The van der Waals surface area contributed by atoms with Gasteiger partial charge >= 0.3 is 0 Å². The van der Waals surface area contributed by atoms with Gasteiger partial charge in [0.15, 0.2) is 17.5 Å². The van der Waals surface area contributed by atoms with Crippen LogP contribution in [-0.2, 0) is 4.74 Å². The normalized spacial score (nSPS) is 17.1. The highest BCUT2D eigenvalue weighted by molar-refractivity contribution is 5.79. The predicted octanol–water partition coefficient (Wildman–Crippen LogP) is 1.21. The molecule has 2 rings (SSSR count). The molecule has 140 valence electrons. The van der Waals surface area contributed by atoms with Gasteiger partial charge in [-0.2, -0.15) is 0 Å². The van der Waals surface area contributed by atoms with Crippen molar-refractivity contribution in [2.45, 2.75) is 6.04 Å². The molecular formula is C18H30N4O3. The average Bonchev–Trinajstić information content (AvgIpc) is 2.65. The zero-order valence-electron chi connectivity index (χ0n) is 15.9. The van der Waals surface area contributed by atoms with Crippen molar-refractivity contribution in [1.82, 2.24) is 15.1 Å². The van der Waals surface area contributed by atoms with Crippen molar-refractivity contribution < 1.29 is 14.2 Å². The number of nitrogens with one attached hydrogen (secondary N) is 1. The maximum absolute atomic E-state index is 5.51. The first-order valence-electron chi connectivity index (χ1n) is 8.52. The van der Waals surface area contributed by atoms with Crippen LogP contribution in [0.4, 0.5) is 0 Å². The van der Waals surface area contributed by atoms with Crippen LogP contribution in [0.25, 0.3) is 0 Å². The Morgan fingerprint density at radius 3 is 2.48 bits per heavy atom. The number of aliphatic imine (C=N–C) groups is 1. The van der Waals surface area contributed by atoms with E-state index in [0.29, 0.717) is 0 Å². The Hall–Kier alpha value is -1.99. The Bertz CT molecular complexity index is 571. The minimum Gasteiger partial charge on any atom is -0.493 e. The molecule has 1 aliphatic heterocycles. The van der Waals surface area contributed by atoms with Crippen molar-refractivity contribution in [2.24, 2.45) is 4.99 Å². The van der Waals surface area contributed by atoms with Crippen LogP contribution in [-0.4, -0.2) is 84.0 Å². The third-order valence-corrected chi connectivity index (χ3v) is 4.37. The summed E-state index contributed by atoms with van der Waals surface area (Å²) >= 11 is 0. The molecule has 0 spiro atoms. The lowest BCUT2D eigenvalue weighted by atomic mass is 10.0. The van der Waals surface area contributed by atoms with E-state index in [1.807, 2.05) is 25.1 Å². The van der Waals surface area contributed by atoms with Gasteiger partial charge in [-0.1, -0.05) is 6.07 Å². The summed E-state index contributed by atoms with van der Waals surface area (Å²) in [7, 11) is 9.07. The molecule has 1 aliphatic rings. The van der Waals surface area contributed by atoms with E-state index in [-0.39, 0.29) is 6.04 Å². The fourth-order valence-corrected chi connectivity index (χ4v) is 3.03. The number of guanidine groups is 1. The number of hydrogen-bond donors (Lipinski definition) is 1. The average molecular weight is 350 g/mol. The molecule has 1 heterocycles. The topological polar surface area (TPSA) is 58.6 Å². The van der Waals surface area contributed by atoms with Crippen LogP contribution in [0, 0.1) is 0 Å². The summed E-state index contributed by atoms with van der Waals surface area (Å²) in [5, 5.41) is 3.45. The molecular weight excluding hydrogens is 320 g/mol. The fourth-order valence-electron chi connectivity index (χ4n) is 3.03. The summed E-state index contributed by atoms with van der Waals surface area (Å²) in [6.45, 7) is 4.07. The zero-order chi connectivity index (χ0) is 18.2. The van der Waals surface area contributed by atoms with Crippen molar-refractivity contribution >= 4 is 5.96 Å². The summed E-state index contributed by atoms with van der Waals surface area (Å²) in [4.78, 5) is 8.71. The molecule has 1 fully saturated rings. The molecule has 0 bridgehead atoms. The first-order valence-corrected chi connectivity index (χ1v) is 8.52. The van der Waals surface area contributed by atoms with Gasteiger partial charge in [0.25, 0.3) is 0 Å². The smallest absolute Gasteiger partial charge is 0.193 e. The molecule has 1 atom stereocenters. The molecule has 0 saturated carbocycles. The van der Waals surface area contributed by atoms with Crippen LogP contribution in [0.3, 0.4) is 0 Å². The number of nitrogens with zero attached hydrogens (tertiary/aromatic N) is 3. The highest BCUT2D eigenvalue weighted by Gasteiger charge is 2.24. The second-order valence-corrected chi connectivity index (χ2v) is 6.10. The second kappa shape index (κ2) is 9.48. The highest BCUT2D eigenvalue weighted by atomic mass is 16.5. The van der Waals surface area contributed by atoms with Gasteiger partial charge in [0.2, 0.25) is 0 Å². The molecule has 1 saturated heterocycles. The van der Waals surface area contributed by atoms with Crippen molar-refractivity contribution in [3.8, 4) is 11.5 Å². The van der Waals surface area contributed by atoms with E-state index < -0.39 is 0 Å². The van der Waals surface area contributed by atoms with Gasteiger partial charge in [-0.25, -0.2) is 0 Å². The molecule has 0 amide bonds. The Kier molecular flexibility index (Phi) is 7.33. The van der Waals surface area contributed by atoms with Crippen molar-refractivity contribution in [1.29, 1.82) is 0 Å². The van der Waals surface area contributed by atoms with Crippen molar-refractivity contribution in [2.75, 3.05) is 68.2 Å². The molecule has 0 aromatic heterocycles. The third-order valence-electron chi connectivity index (χ3n) is 4.37. The van der Waals surface area contributed by atoms with Crippen LogP contribution >= 0.6 is 0 Å². The maximum Gasteiger partial charge on any atom is 0.193 e. The van der Waals surface area contributed by atoms with Crippen LogP contribution in [0.2, 0.25) is 0 Å². The predicted molar refractivity (Wildman–Crippen MR) is 99.7 cm³/mol. The standard InChI is InChI=1S/C18H30N4O3/c1-19-18(21(2)3)20-13-15(22-8-10-25-11-9-22)14-6-7-16(23-4)17(12-14)24-5/h6-7,12,15H,8-11,13H2,1-5H3,(H,19,20). The molecule has 0 aliphatic carbocycles. The minimum absolute atomic E-state index is 0.195. The highest BCUT2D eigenvalue weighted by Crippen LogP contribution is 2.32. The number of morpholine rings is 1. The second-order valence-electron chi connectivity index (χ2n) is 6.10. The molecule has 1 aromatic rings. The first kappa shape index (κ1) is 19.3. The summed E-state index contributed by atoms with van der Waals surface area (Å²) in [6.07, 6.45) is 0. The lowest BCUT2D eigenvalue weighted by molar-refractivity contribution is 0.0169. The van der Waals surface area contributed by atoms with E-state index in [1.165, 1.54) is 5.56 Å². The van der Waals surface area contributed by atoms with Gasteiger partial charge in [-0.3, -0.25) is 9.89 Å². The summed E-state index contributed by atoms with van der Waals surface area (Å²) < 4.78 is 16.4. The summed E-state index contributed by atoms with van der Waals surface area (Å²) in [6, 6.07) is 6.31. The maximum atomic E-state index is 5.51. The number of hydrogen-bond acceptors (Lipinski definition) is 5. The Balaban J connectivity index is 2.24. The van der Waals surface area contributed by atoms with E-state index in [2.05, 4.69) is 27.3 Å². The van der Waals surface area contributed by atoms with E-state index in [0.717, 1.165) is 50.3 Å². The largest absolute Gasteiger partial charge is 0.493 e. The molecule has 25 heavy (non-hydrogen) atoms. The van der Waals surface area contributed by atoms with Gasteiger partial charge in [0.1, 0.15) is 0 Å². The Morgan fingerprint density at radius 2 is 1.92 bits per heavy atom. The summed E-state index contributed by atoms with van der Waals surface area (Å²) in [5.74, 6) is 2.35. The molecule has 1 unspecified atom stereocenters. The van der Waals surface area contributed by atoms with E-state index in [4.69, 9.17) is 14.2 Å². The molecule has 7 heteroatoms. The first-order chi connectivity index (χ1) is 12.1. The quantitative estimate of drug-likeness (QED) is 0.615. The van der Waals surface area contributed by atoms with E-state index in [9.17, 15) is 0 Å². The van der Waals surface area contributed by atoms with Gasteiger partial charge in [0, 0.05) is 40.8 Å². The lowest BCUT2D eigenvalue weighted by Crippen LogP contribution is -2.46. The monoisotopic (exact) mass is 350 g/mol. The fraction of sp³-hybridized carbons (Fsp3) is 0.611. The van der Waals surface area contributed by atoms with Gasteiger partial charge in [-0.05, 0) is 17.7 Å². The summed E-state index contributed by atoms with van der Waals surface area (Å²) in [5.41, 5.74) is 1.18. The lowest BCUT2D eigenvalue weighted by Gasteiger charge is -2.35. The van der Waals surface area contributed by atoms with Gasteiger partial charge < -0.3 is 24.4 Å². The molecule has 1 N–H and O–H groups in total. The third kappa shape index (κ3) is 4.99. The van der Waals surface area contributed by atoms with E-state index >= 15 is 0 Å². The van der Waals surface area contributed by atoms with Gasteiger partial charge in [-0.15, -0.1) is 0 Å². The van der Waals surface area contributed by atoms with Crippen LogP contribution in [0.5, 0.6) is 11.5 Å². The minimum atomic E-state index is 0.195.